The Bertz CT molecular complexity index is 738. The molecule has 124 valence electrons. The van der Waals surface area contributed by atoms with Gasteiger partial charge in [-0.25, -0.2) is 0 Å². The molecule has 2 heterocycles. The van der Waals surface area contributed by atoms with Gasteiger partial charge in [-0.05, 0) is 36.2 Å². The van der Waals surface area contributed by atoms with E-state index in [1.54, 1.807) is 24.3 Å². The molecule has 0 saturated carbocycles. The van der Waals surface area contributed by atoms with E-state index in [2.05, 4.69) is 16.0 Å². The Morgan fingerprint density at radius 1 is 1.21 bits per heavy atom. The second-order valence-corrected chi connectivity index (χ2v) is 5.50. The molecular formula is C17H17N3O4. The normalized spacial score (nSPS) is 16.5. The SMILES string of the molecule is O=C1CC[C@@H](C(=O)NCc2ccc(NC(=O)c3ccco3)cc2)N1. The minimum absolute atomic E-state index is 0.0909. The van der Waals surface area contributed by atoms with Crippen molar-refractivity contribution in [2.45, 2.75) is 25.4 Å². The van der Waals surface area contributed by atoms with Crippen molar-refractivity contribution in [3.63, 3.8) is 0 Å². The number of hydrogen-bond donors (Lipinski definition) is 3. The maximum Gasteiger partial charge on any atom is 0.291 e. The van der Waals surface area contributed by atoms with Gasteiger partial charge < -0.3 is 20.4 Å². The molecule has 0 bridgehead atoms. The average molecular weight is 327 g/mol. The van der Waals surface area contributed by atoms with E-state index in [0.29, 0.717) is 25.1 Å². The Labute approximate surface area is 138 Å². The third kappa shape index (κ3) is 3.81. The molecule has 7 nitrogen and oxygen atoms in total. The molecule has 0 aliphatic carbocycles. The van der Waals surface area contributed by atoms with Gasteiger partial charge in [0.25, 0.3) is 5.91 Å². The van der Waals surface area contributed by atoms with Gasteiger partial charge in [-0.2, -0.15) is 0 Å². The van der Waals surface area contributed by atoms with Gasteiger partial charge in [0.05, 0.1) is 6.26 Å². The Morgan fingerprint density at radius 2 is 2.00 bits per heavy atom. The summed E-state index contributed by atoms with van der Waals surface area (Å²) in [5.74, 6) is -0.356. The summed E-state index contributed by atoms with van der Waals surface area (Å²) in [6, 6.07) is 9.91. The number of hydrogen-bond acceptors (Lipinski definition) is 4. The average Bonchev–Trinajstić information content (AvgIpc) is 3.25. The molecule has 1 aliphatic rings. The number of carbonyl (C=O) groups excluding carboxylic acids is 3. The van der Waals surface area contributed by atoms with E-state index in [9.17, 15) is 14.4 Å². The highest BCUT2D eigenvalue weighted by Gasteiger charge is 2.26. The minimum Gasteiger partial charge on any atom is -0.459 e. The molecule has 1 aromatic heterocycles. The van der Waals surface area contributed by atoms with Gasteiger partial charge in [0, 0.05) is 18.7 Å². The van der Waals surface area contributed by atoms with Gasteiger partial charge in [-0.15, -0.1) is 0 Å². The first kappa shape index (κ1) is 15.8. The summed E-state index contributed by atoms with van der Waals surface area (Å²) >= 11 is 0. The minimum atomic E-state index is -0.440. The van der Waals surface area contributed by atoms with Gasteiger partial charge in [0.1, 0.15) is 6.04 Å². The predicted octanol–water partition coefficient (Wildman–Crippen LogP) is 1.43. The number of anilines is 1. The van der Waals surface area contributed by atoms with Crippen LogP contribution in [0.4, 0.5) is 5.69 Å². The van der Waals surface area contributed by atoms with Gasteiger partial charge in [-0.1, -0.05) is 12.1 Å². The Balaban J connectivity index is 1.50. The topological polar surface area (TPSA) is 100 Å². The summed E-state index contributed by atoms with van der Waals surface area (Å²) in [5, 5.41) is 8.13. The molecule has 24 heavy (non-hydrogen) atoms. The molecule has 1 saturated heterocycles. The first-order chi connectivity index (χ1) is 11.6. The van der Waals surface area contributed by atoms with Gasteiger partial charge in [0.2, 0.25) is 11.8 Å². The lowest BCUT2D eigenvalue weighted by Crippen LogP contribution is -2.41. The maximum absolute atomic E-state index is 11.9. The number of benzene rings is 1. The van der Waals surface area contributed by atoms with Crippen LogP contribution < -0.4 is 16.0 Å². The Hall–Kier alpha value is -3.09. The summed E-state index contributed by atoms with van der Waals surface area (Å²) in [6.45, 7) is 0.359. The molecule has 1 aromatic carbocycles. The maximum atomic E-state index is 11.9. The van der Waals surface area contributed by atoms with E-state index >= 15 is 0 Å². The van der Waals surface area contributed by atoms with Crippen LogP contribution >= 0.6 is 0 Å². The highest BCUT2D eigenvalue weighted by Crippen LogP contribution is 2.12. The van der Waals surface area contributed by atoms with Crippen molar-refractivity contribution < 1.29 is 18.8 Å². The van der Waals surface area contributed by atoms with E-state index in [1.165, 1.54) is 6.26 Å². The Morgan fingerprint density at radius 3 is 2.62 bits per heavy atom. The molecule has 1 aliphatic heterocycles. The lowest BCUT2D eigenvalue weighted by Gasteiger charge is -2.11. The fraction of sp³-hybridized carbons (Fsp3) is 0.235. The third-order valence-electron chi connectivity index (χ3n) is 3.74. The highest BCUT2D eigenvalue weighted by molar-refractivity contribution is 6.02. The van der Waals surface area contributed by atoms with Crippen LogP contribution in [-0.4, -0.2) is 23.8 Å². The zero-order valence-corrected chi connectivity index (χ0v) is 12.9. The molecule has 3 rings (SSSR count). The van der Waals surface area contributed by atoms with Crippen LogP contribution in [-0.2, 0) is 16.1 Å². The Kier molecular flexibility index (Phi) is 4.60. The number of nitrogens with one attached hydrogen (secondary N) is 3. The third-order valence-corrected chi connectivity index (χ3v) is 3.74. The molecule has 1 fully saturated rings. The second-order valence-electron chi connectivity index (χ2n) is 5.50. The second kappa shape index (κ2) is 6.99. The number of carbonyl (C=O) groups is 3. The van der Waals surface area contributed by atoms with Crippen molar-refractivity contribution in [2.24, 2.45) is 0 Å². The molecular weight excluding hydrogens is 310 g/mol. The standard InChI is InChI=1S/C17H17N3O4/c21-15-8-7-13(20-15)16(22)18-10-11-3-5-12(6-4-11)19-17(23)14-2-1-9-24-14/h1-6,9,13H,7-8,10H2,(H,18,22)(H,19,23)(H,20,21)/t13-/m0/s1. The van der Waals surface area contributed by atoms with Crippen molar-refractivity contribution in [1.82, 2.24) is 10.6 Å². The van der Waals surface area contributed by atoms with Crippen molar-refractivity contribution in [1.29, 1.82) is 0 Å². The molecule has 1 atom stereocenters. The monoisotopic (exact) mass is 327 g/mol. The smallest absolute Gasteiger partial charge is 0.291 e. The van der Waals surface area contributed by atoms with Crippen LogP contribution in [0, 0.1) is 0 Å². The molecule has 0 unspecified atom stereocenters. The molecule has 3 amide bonds. The highest BCUT2D eigenvalue weighted by atomic mass is 16.3. The lowest BCUT2D eigenvalue weighted by molar-refractivity contribution is -0.125. The van der Waals surface area contributed by atoms with Gasteiger partial charge in [-0.3, -0.25) is 14.4 Å². The summed E-state index contributed by atoms with van der Waals surface area (Å²) in [5.41, 5.74) is 1.53. The summed E-state index contributed by atoms with van der Waals surface area (Å²) in [7, 11) is 0. The first-order valence-electron chi connectivity index (χ1n) is 7.63. The molecule has 0 radical (unpaired) electrons. The van der Waals surface area contributed by atoms with E-state index in [1.807, 2.05) is 12.1 Å². The zero-order chi connectivity index (χ0) is 16.9. The van der Waals surface area contributed by atoms with Gasteiger partial charge >= 0.3 is 0 Å². The largest absolute Gasteiger partial charge is 0.459 e. The summed E-state index contributed by atoms with van der Waals surface area (Å²) in [6.07, 6.45) is 2.36. The molecule has 2 aromatic rings. The van der Waals surface area contributed by atoms with E-state index in [0.717, 1.165) is 5.56 Å². The molecule has 0 spiro atoms. The summed E-state index contributed by atoms with van der Waals surface area (Å²) in [4.78, 5) is 34.9. The van der Waals surface area contributed by atoms with Crippen molar-refractivity contribution in [3.8, 4) is 0 Å². The van der Waals surface area contributed by atoms with E-state index in [-0.39, 0.29) is 23.5 Å². The van der Waals surface area contributed by atoms with Crippen LogP contribution in [0.25, 0.3) is 0 Å². The fourth-order valence-electron chi connectivity index (χ4n) is 2.43. The van der Waals surface area contributed by atoms with Crippen LogP contribution in [0.5, 0.6) is 0 Å². The number of amides is 3. The number of rotatable bonds is 5. The van der Waals surface area contributed by atoms with Crippen LogP contribution in [0.1, 0.15) is 29.0 Å². The zero-order valence-electron chi connectivity index (χ0n) is 12.9. The lowest BCUT2D eigenvalue weighted by atomic mass is 10.2. The van der Waals surface area contributed by atoms with Crippen molar-refractivity contribution in [3.05, 3.63) is 54.0 Å². The van der Waals surface area contributed by atoms with Crippen LogP contribution in [0.15, 0.2) is 47.1 Å². The van der Waals surface area contributed by atoms with E-state index in [4.69, 9.17) is 4.42 Å². The quantitative estimate of drug-likeness (QED) is 0.773. The van der Waals surface area contributed by atoms with Crippen LogP contribution in [0.3, 0.4) is 0 Å². The fourth-order valence-corrected chi connectivity index (χ4v) is 2.43. The van der Waals surface area contributed by atoms with Crippen LogP contribution in [0.2, 0.25) is 0 Å². The predicted molar refractivity (Wildman–Crippen MR) is 86.1 cm³/mol. The van der Waals surface area contributed by atoms with Crippen molar-refractivity contribution in [2.75, 3.05) is 5.32 Å². The molecule has 7 heteroatoms. The van der Waals surface area contributed by atoms with Crippen molar-refractivity contribution >= 4 is 23.4 Å². The molecule has 3 N–H and O–H groups in total. The number of furan rings is 1. The first-order valence-corrected chi connectivity index (χ1v) is 7.63. The summed E-state index contributed by atoms with van der Waals surface area (Å²) < 4.78 is 5.02. The van der Waals surface area contributed by atoms with E-state index < -0.39 is 6.04 Å². The van der Waals surface area contributed by atoms with Gasteiger partial charge in [0.15, 0.2) is 5.76 Å².